The lowest BCUT2D eigenvalue weighted by molar-refractivity contribution is 0.111. The molecule has 26 heavy (non-hydrogen) atoms. The average molecular weight is 351 g/mol. The van der Waals surface area contributed by atoms with Gasteiger partial charge in [-0.15, -0.1) is 0 Å². The minimum Gasteiger partial charge on any atom is -0.387 e. The maximum atomic E-state index is 10.9. The molecule has 0 amide bonds. The Bertz CT molecular complexity index is 838. The predicted molar refractivity (Wildman–Crippen MR) is 110 cm³/mol. The molecule has 0 aliphatic carbocycles. The Hall–Kier alpha value is -1.97. The third-order valence-corrected chi connectivity index (χ3v) is 5.09. The Morgan fingerprint density at radius 3 is 2.42 bits per heavy atom. The van der Waals surface area contributed by atoms with Gasteiger partial charge < -0.3 is 10.0 Å². The second-order valence-corrected chi connectivity index (χ2v) is 7.15. The molecule has 1 unspecified atom stereocenters. The lowest BCUT2D eigenvalue weighted by Crippen LogP contribution is -2.30. The number of aromatic nitrogens is 1. The van der Waals surface area contributed by atoms with Crippen LogP contribution in [0.4, 0.5) is 0 Å². The summed E-state index contributed by atoms with van der Waals surface area (Å²) in [6.07, 6.45) is 6.20. The molecular weight excluding hydrogens is 320 g/mol. The Morgan fingerprint density at radius 1 is 0.962 bits per heavy atom. The van der Waals surface area contributed by atoms with Crippen LogP contribution in [0.5, 0.6) is 0 Å². The smallest absolute Gasteiger partial charge is 0.0917 e. The molecule has 138 valence electrons. The lowest BCUT2D eigenvalue weighted by atomic mass is 10.0. The molecule has 0 fully saturated rings. The standard InChI is InChI=1S/C23H30N2O/c1-3-5-13-25(14-6-4-2)17-23(26)18-11-12-22-21(15-18)20-10-8-7-9-19(20)16-24-22/h7-12,15-16,23,26H,3-6,13-14,17H2,1-2H3. The fourth-order valence-electron chi connectivity index (χ4n) is 3.49. The summed E-state index contributed by atoms with van der Waals surface area (Å²) in [5.41, 5.74) is 1.96. The normalized spacial score (nSPS) is 12.9. The van der Waals surface area contributed by atoms with E-state index in [1.807, 2.05) is 24.4 Å². The summed E-state index contributed by atoms with van der Waals surface area (Å²) >= 11 is 0. The van der Waals surface area contributed by atoms with Gasteiger partial charge in [-0.1, -0.05) is 57.0 Å². The van der Waals surface area contributed by atoms with Crippen LogP contribution >= 0.6 is 0 Å². The Labute approximate surface area is 156 Å². The highest BCUT2D eigenvalue weighted by molar-refractivity contribution is 6.05. The Kier molecular flexibility index (Phi) is 6.59. The number of benzene rings is 2. The number of nitrogens with zero attached hydrogens (tertiary/aromatic N) is 2. The summed E-state index contributed by atoms with van der Waals surface area (Å²) in [5, 5.41) is 14.3. The number of aliphatic hydroxyl groups excluding tert-OH is 1. The van der Waals surface area contributed by atoms with E-state index in [1.54, 1.807) is 0 Å². The summed E-state index contributed by atoms with van der Waals surface area (Å²) in [7, 11) is 0. The molecule has 3 heteroatoms. The number of pyridine rings is 1. The maximum absolute atomic E-state index is 10.9. The first kappa shape index (κ1) is 18.8. The molecule has 0 bridgehead atoms. The van der Waals surface area contributed by atoms with Gasteiger partial charge in [-0.25, -0.2) is 0 Å². The quantitative estimate of drug-likeness (QED) is 0.530. The molecule has 0 saturated heterocycles. The third-order valence-electron chi connectivity index (χ3n) is 5.09. The second kappa shape index (κ2) is 9.11. The van der Waals surface area contributed by atoms with Gasteiger partial charge in [-0.3, -0.25) is 4.98 Å². The molecule has 1 atom stereocenters. The van der Waals surface area contributed by atoms with E-state index in [4.69, 9.17) is 0 Å². The van der Waals surface area contributed by atoms with Gasteiger partial charge >= 0.3 is 0 Å². The SMILES string of the molecule is CCCCN(CCCC)CC(O)c1ccc2ncc3ccccc3c2c1. The zero-order valence-corrected chi connectivity index (χ0v) is 16.0. The Morgan fingerprint density at radius 2 is 1.69 bits per heavy atom. The molecule has 1 N–H and O–H groups in total. The van der Waals surface area contributed by atoms with Gasteiger partial charge in [0.1, 0.15) is 0 Å². The fraction of sp³-hybridized carbons (Fsp3) is 0.435. The van der Waals surface area contributed by atoms with E-state index in [0.717, 1.165) is 34.9 Å². The number of rotatable bonds is 9. The van der Waals surface area contributed by atoms with Crippen molar-refractivity contribution in [2.24, 2.45) is 0 Å². The van der Waals surface area contributed by atoms with E-state index < -0.39 is 6.10 Å². The molecule has 0 spiro atoms. The van der Waals surface area contributed by atoms with Crippen molar-refractivity contribution < 1.29 is 5.11 Å². The van der Waals surface area contributed by atoms with Gasteiger partial charge in [-0.2, -0.15) is 0 Å². The van der Waals surface area contributed by atoms with Crippen LogP contribution in [0.2, 0.25) is 0 Å². The zero-order valence-electron chi connectivity index (χ0n) is 16.0. The van der Waals surface area contributed by atoms with Gasteiger partial charge in [0.25, 0.3) is 0 Å². The maximum Gasteiger partial charge on any atom is 0.0917 e. The van der Waals surface area contributed by atoms with Gasteiger partial charge in [0.2, 0.25) is 0 Å². The van der Waals surface area contributed by atoms with Crippen LogP contribution in [-0.2, 0) is 0 Å². The molecule has 0 aliphatic heterocycles. The van der Waals surface area contributed by atoms with Crippen LogP contribution in [0.15, 0.2) is 48.7 Å². The van der Waals surface area contributed by atoms with Crippen LogP contribution in [0.1, 0.15) is 51.2 Å². The average Bonchev–Trinajstić information content (AvgIpc) is 2.69. The van der Waals surface area contributed by atoms with Crippen molar-refractivity contribution in [3.8, 4) is 0 Å². The topological polar surface area (TPSA) is 36.4 Å². The van der Waals surface area contributed by atoms with E-state index in [9.17, 15) is 5.11 Å². The van der Waals surface area contributed by atoms with Crippen molar-refractivity contribution in [1.29, 1.82) is 0 Å². The van der Waals surface area contributed by atoms with Crippen LogP contribution in [-0.4, -0.2) is 34.6 Å². The van der Waals surface area contributed by atoms with E-state index >= 15 is 0 Å². The van der Waals surface area contributed by atoms with Gasteiger partial charge in [0, 0.05) is 23.5 Å². The lowest BCUT2D eigenvalue weighted by Gasteiger charge is -2.25. The molecule has 0 radical (unpaired) electrons. The summed E-state index contributed by atoms with van der Waals surface area (Å²) in [4.78, 5) is 6.97. The molecule has 3 aromatic rings. The third kappa shape index (κ3) is 4.40. The van der Waals surface area contributed by atoms with Gasteiger partial charge in [0.05, 0.1) is 11.6 Å². The number of fused-ring (bicyclic) bond motifs is 3. The first-order valence-corrected chi connectivity index (χ1v) is 9.90. The van der Waals surface area contributed by atoms with Gasteiger partial charge in [0.15, 0.2) is 0 Å². The molecule has 3 nitrogen and oxygen atoms in total. The molecule has 2 aromatic carbocycles. The van der Waals surface area contributed by atoms with Gasteiger partial charge in [-0.05, 0) is 49.0 Å². The van der Waals surface area contributed by atoms with Crippen molar-refractivity contribution in [3.05, 3.63) is 54.2 Å². The summed E-state index contributed by atoms with van der Waals surface area (Å²) in [6.45, 7) is 7.26. The summed E-state index contributed by atoms with van der Waals surface area (Å²) in [5.74, 6) is 0. The predicted octanol–water partition coefficient (Wildman–Crippen LogP) is 5.32. The molecule has 1 aromatic heterocycles. The molecular formula is C23H30N2O. The van der Waals surface area contributed by atoms with E-state index in [2.05, 4.69) is 48.0 Å². The zero-order chi connectivity index (χ0) is 18.4. The van der Waals surface area contributed by atoms with Crippen LogP contribution in [0, 0.1) is 0 Å². The minimum atomic E-state index is -0.466. The number of unbranched alkanes of at least 4 members (excludes halogenated alkanes) is 2. The Balaban J connectivity index is 1.84. The highest BCUT2D eigenvalue weighted by Crippen LogP contribution is 2.26. The van der Waals surface area contributed by atoms with Crippen molar-refractivity contribution >= 4 is 21.7 Å². The highest BCUT2D eigenvalue weighted by atomic mass is 16.3. The largest absolute Gasteiger partial charge is 0.387 e. The summed E-state index contributed by atoms with van der Waals surface area (Å²) in [6, 6.07) is 14.5. The minimum absolute atomic E-state index is 0.466. The van der Waals surface area contributed by atoms with Crippen LogP contribution in [0.25, 0.3) is 21.7 Å². The highest BCUT2D eigenvalue weighted by Gasteiger charge is 2.14. The fourth-order valence-corrected chi connectivity index (χ4v) is 3.49. The number of hydrogen-bond acceptors (Lipinski definition) is 3. The molecule has 0 saturated carbocycles. The first-order valence-electron chi connectivity index (χ1n) is 9.90. The van der Waals surface area contributed by atoms with Crippen molar-refractivity contribution in [3.63, 3.8) is 0 Å². The first-order chi connectivity index (χ1) is 12.7. The van der Waals surface area contributed by atoms with Crippen molar-refractivity contribution in [2.75, 3.05) is 19.6 Å². The monoisotopic (exact) mass is 350 g/mol. The number of hydrogen-bond donors (Lipinski definition) is 1. The number of aliphatic hydroxyl groups is 1. The van der Waals surface area contributed by atoms with E-state index in [-0.39, 0.29) is 0 Å². The van der Waals surface area contributed by atoms with Crippen molar-refractivity contribution in [1.82, 2.24) is 9.88 Å². The van der Waals surface area contributed by atoms with E-state index in [0.29, 0.717) is 6.54 Å². The summed E-state index contributed by atoms with van der Waals surface area (Å²) < 4.78 is 0. The van der Waals surface area contributed by atoms with Crippen LogP contribution < -0.4 is 0 Å². The van der Waals surface area contributed by atoms with Crippen LogP contribution in [0.3, 0.4) is 0 Å². The molecule has 3 rings (SSSR count). The molecule has 0 aliphatic rings. The molecule has 1 heterocycles. The van der Waals surface area contributed by atoms with Crippen molar-refractivity contribution in [2.45, 2.75) is 45.6 Å². The second-order valence-electron chi connectivity index (χ2n) is 7.15. The van der Waals surface area contributed by atoms with E-state index in [1.165, 1.54) is 31.1 Å².